The number of pyridine rings is 1. The predicted octanol–water partition coefficient (Wildman–Crippen LogP) is 2.90. The molecule has 1 aliphatic carbocycles. The van der Waals surface area contributed by atoms with Crippen molar-refractivity contribution in [2.45, 2.75) is 52.3 Å². The molecule has 3 nitrogen and oxygen atoms in total. The number of halogens is 1. The highest BCUT2D eigenvalue weighted by atomic mass is 19.1. The third kappa shape index (κ3) is 3.67. The van der Waals surface area contributed by atoms with Gasteiger partial charge in [-0.3, -0.25) is 0 Å². The van der Waals surface area contributed by atoms with Crippen LogP contribution in [-0.4, -0.2) is 17.1 Å². The molecule has 0 aromatic carbocycles. The largest absolute Gasteiger partial charge is 0.474 e. The minimum Gasteiger partial charge on any atom is -0.474 e. The molecule has 1 heterocycles. The van der Waals surface area contributed by atoms with E-state index in [2.05, 4.69) is 24.1 Å². The van der Waals surface area contributed by atoms with Crippen LogP contribution in [0.15, 0.2) is 12.3 Å². The topological polar surface area (TPSA) is 34.1 Å². The van der Waals surface area contributed by atoms with Crippen molar-refractivity contribution in [1.29, 1.82) is 0 Å². The molecule has 0 amide bonds. The van der Waals surface area contributed by atoms with Crippen molar-refractivity contribution in [1.82, 2.24) is 10.3 Å². The lowest BCUT2D eigenvalue weighted by atomic mass is 10.1. The number of hydrogen-bond donors (Lipinski definition) is 1. The van der Waals surface area contributed by atoms with Crippen LogP contribution in [0.2, 0.25) is 0 Å². The number of nitrogens with one attached hydrogen (secondary N) is 1. The summed E-state index contributed by atoms with van der Waals surface area (Å²) in [4.78, 5) is 4.06. The highest BCUT2D eigenvalue weighted by Crippen LogP contribution is 2.23. The summed E-state index contributed by atoms with van der Waals surface area (Å²) in [5.74, 6) is 0.638. The number of aromatic nitrogens is 1. The first-order chi connectivity index (χ1) is 8.56. The van der Waals surface area contributed by atoms with E-state index in [9.17, 15) is 4.39 Å². The van der Waals surface area contributed by atoms with E-state index in [-0.39, 0.29) is 11.9 Å². The molecule has 0 saturated heterocycles. The SMILES string of the molecule is CC(C)C(C)Oc1ncc(F)cc1CNC1CC1. The normalized spacial score (nSPS) is 16.9. The summed E-state index contributed by atoms with van der Waals surface area (Å²) in [6.45, 7) is 6.82. The molecule has 1 atom stereocenters. The quantitative estimate of drug-likeness (QED) is 0.845. The van der Waals surface area contributed by atoms with Crippen molar-refractivity contribution in [3.8, 4) is 5.88 Å². The van der Waals surface area contributed by atoms with E-state index < -0.39 is 0 Å². The first-order valence-corrected chi connectivity index (χ1v) is 6.60. The van der Waals surface area contributed by atoms with Gasteiger partial charge in [0.05, 0.1) is 12.3 Å². The maximum Gasteiger partial charge on any atom is 0.218 e. The van der Waals surface area contributed by atoms with Crippen LogP contribution in [-0.2, 0) is 6.54 Å². The average Bonchev–Trinajstić information content (AvgIpc) is 3.13. The molecule has 1 N–H and O–H groups in total. The van der Waals surface area contributed by atoms with Gasteiger partial charge in [0.2, 0.25) is 5.88 Å². The molecule has 0 radical (unpaired) electrons. The van der Waals surface area contributed by atoms with Gasteiger partial charge in [0, 0.05) is 18.2 Å². The third-order valence-corrected chi connectivity index (χ3v) is 3.29. The van der Waals surface area contributed by atoms with Gasteiger partial charge in [-0.05, 0) is 31.7 Å². The molecule has 4 heteroatoms. The van der Waals surface area contributed by atoms with Gasteiger partial charge in [0.15, 0.2) is 0 Å². The molecule has 1 unspecified atom stereocenters. The van der Waals surface area contributed by atoms with Crippen LogP contribution >= 0.6 is 0 Å². The fraction of sp³-hybridized carbons (Fsp3) is 0.643. The summed E-state index contributed by atoms with van der Waals surface area (Å²) in [6.07, 6.45) is 3.70. The molecule has 1 aromatic heterocycles. The van der Waals surface area contributed by atoms with Crippen molar-refractivity contribution >= 4 is 0 Å². The Balaban J connectivity index is 2.06. The zero-order valence-electron chi connectivity index (χ0n) is 11.2. The fourth-order valence-electron chi connectivity index (χ4n) is 1.56. The summed E-state index contributed by atoms with van der Waals surface area (Å²) < 4.78 is 19.0. The van der Waals surface area contributed by atoms with E-state index in [1.807, 2.05) is 6.92 Å². The van der Waals surface area contributed by atoms with E-state index in [4.69, 9.17) is 4.74 Å². The zero-order chi connectivity index (χ0) is 13.1. The number of nitrogens with zero attached hydrogens (tertiary/aromatic N) is 1. The highest BCUT2D eigenvalue weighted by molar-refractivity contribution is 5.26. The molecule has 1 fully saturated rings. The van der Waals surface area contributed by atoms with Crippen molar-refractivity contribution in [3.05, 3.63) is 23.6 Å². The summed E-state index contributed by atoms with van der Waals surface area (Å²) in [7, 11) is 0. The number of hydrogen-bond acceptors (Lipinski definition) is 3. The van der Waals surface area contributed by atoms with Gasteiger partial charge in [-0.15, -0.1) is 0 Å². The molecule has 2 rings (SSSR count). The first kappa shape index (κ1) is 13.3. The van der Waals surface area contributed by atoms with Crippen LogP contribution < -0.4 is 10.1 Å². The Bertz CT molecular complexity index is 405. The average molecular weight is 252 g/mol. The fourth-order valence-corrected chi connectivity index (χ4v) is 1.56. The Hall–Kier alpha value is -1.16. The standard InChI is InChI=1S/C14H21FN2O/c1-9(2)10(3)18-14-11(6-12(15)8-17-14)7-16-13-4-5-13/h6,8-10,13,16H,4-5,7H2,1-3H3. The van der Waals surface area contributed by atoms with Crippen LogP contribution in [0.25, 0.3) is 0 Å². The van der Waals surface area contributed by atoms with Gasteiger partial charge in [-0.25, -0.2) is 9.37 Å². The maximum absolute atomic E-state index is 13.2. The predicted molar refractivity (Wildman–Crippen MR) is 69.0 cm³/mol. The van der Waals surface area contributed by atoms with E-state index in [1.165, 1.54) is 25.1 Å². The van der Waals surface area contributed by atoms with Crippen LogP contribution in [0.4, 0.5) is 4.39 Å². The van der Waals surface area contributed by atoms with Gasteiger partial charge >= 0.3 is 0 Å². The maximum atomic E-state index is 13.2. The molecule has 18 heavy (non-hydrogen) atoms. The molecule has 0 spiro atoms. The molecule has 1 aliphatic rings. The second-order valence-electron chi connectivity index (χ2n) is 5.34. The van der Waals surface area contributed by atoms with Crippen molar-refractivity contribution in [2.75, 3.05) is 0 Å². The Kier molecular flexibility index (Phi) is 4.17. The zero-order valence-corrected chi connectivity index (χ0v) is 11.2. The Labute approximate surface area is 108 Å². The third-order valence-electron chi connectivity index (χ3n) is 3.29. The minimum absolute atomic E-state index is 0.0719. The smallest absolute Gasteiger partial charge is 0.218 e. The van der Waals surface area contributed by atoms with Crippen LogP contribution in [0, 0.1) is 11.7 Å². The van der Waals surface area contributed by atoms with Crippen LogP contribution in [0.1, 0.15) is 39.2 Å². The molecular formula is C14H21FN2O. The minimum atomic E-state index is -0.313. The van der Waals surface area contributed by atoms with E-state index in [1.54, 1.807) is 0 Å². The van der Waals surface area contributed by atoms with Crippen molar-refractivity contribution in [2.24, 2.45) is 5.92 Å². The number of ether oxygens (including phenoxy) is 1. The van der Waals surface area contributed by atoms with E-state index >= 15 is 0 Å². The van der Waals surface area contributed by atoms with Crippen molar-refractivity contribution < 1.29 is 9.13 Å². The summed E-state index contributed by atoms with van der Waals surface area (Å²) in [5.41, 5.74) is 0.800. The van der Waals surface area contributed by atoms with Gasteiger partial charge in [-0.1, -0.05) is 13.8 Å². The second-order valence-corrected chi connectivity index (χ2v) is 5.34. The second kappa shape index (κ2) is 5.65. The van der Waals surface area contributed by atoms with Crippen LogP contribution in [0.5, 0.6) is 5.88 Å². The summed E-state index contributed by atoms with van der Waals surface area (Å²) >= 11 is 0. The molecular weight excluding hydrogens is 231 g/mol. The van der Waals surface area contributed by atoms with E-state index in [0.29, 0.717) is 24.4 Å². The first-order valence-electron chi connectivity index (χ1n) is 6.60. The molecule has 0 bridgehead atoms. The molecule has 1 saturated carbocycles. The number of rotatable bonds is 6. The molecule has 1 aromatic rings. The van der Waals surface area contributed by atoms with Gasteiger partial charge < -0.3 is 10.1 Å². The lowest BCUT2D eigenvalue weighted by Crippen LogP contribution is -2.22. The summed E-state index contributed by atoms with van der Waals surface area (Å²) in [6, 6.07) is 2.09. The molecule has 0 aliphatic heterocycles. The van der Waals surface area contributed by atoms with Crippen molar-refractivity contribution in [3.63, 3.8) is 0 Å². The van der Waals surface area contributed by atoms with E-state index in [0.717, 1.165) is 5.56 Å². The van der Waals surface area contributed by atoms with Gasteiger partial charge in [0.25, 0.3) is 0 Å². The Morgan fingerprint density at radius 1 is 1.44 bits per heavy atom. The monoisotopic (exact) mass is 252 g/mol. The Morgan fingerprint density at radius 3 is 2.78 bits per heavy atom. The highest BCUT2D eigenvalue weighted by Gasteiger charge is 2.21. The van der Waals surface area contributed by atoms with Gasteiger partial charge in [-0.2, -0.15) is 0 Å². The lowest BCUT2D eigenvalue weighted by molar-refractivity contribution is 0.161. The van der Waals surface area contributed by atoms with Gasteiger partial charge in [0.1, 0.15) is 5.82 Å². The molecule has 100 valence electrons. The lowest BCUT2D eigenvalue weighted by Gasteiger charge is -2.19. The Morgan fingerprint density at radius 2 is 2.17 bits per heavy atom. The summed E-state index contributed by atoms with van der Waals surface area (Å²) in [5, 5.41) is 3.36. The van der Waals surface area contributed by atoms with Crippen LogP contribution in [0.3, 0.4) is 0 Å².